The van der Waals surface area contributed by atoms with Crippen LogP contribution in [0.1, 0.15) is 0 Å². The van der Waals surface area contributed by atoms with E-state index in [0.717, 1.165) is 10.6 Å². The highest BCUT2D eigenvalue weighted by atomic mass is 35.5. The van der Waals surface area contributed by atoms with Crippen molar-refractivity contribution >= 4 is 35.0 Å². The fourth-order valence-corrected chi connectivity index (χ4v) is 2.33. The Morgan fingerprint density at radius 3 is 2.53 bits per heavy atom. The molecule has 2 rings (SSSR count). The maximum Gasteiger partial charge on any atom is 0.223 e. The largest absolute Gasteiger partial charge is 0.497 e. The number of aromatic nitrogens is 2. The van der Waals surface area contributed by atoms with Gasteiger partial charge in [-0.2, -0.15) is 0 Å². The van der Waals surface area contributed by atoms with Gasteiger partial charge in [0.15, 0.2) is 0 Å². The average Bonchev–Trinajstić information content (AvgIpc) is 2.35. The highest BCUT2D eigenvalue weighted by molar-refractivity contribution is 7.99. The Morgan fingerprint density at radius 2 is 1.88 bits per heavy atom. The van der Waals surface area contributed by atoms with Crippen LogP contribution in [-0.4, -0.2) is 17.1 Å². The van der Waals surface area contributed by atoms with Gasteiger partial charge in [0.25, 0.3) is 0 Å². The Morgan fingerprint density at radius 1 is 1.18 bits per heavy atom. The van der Waals surface area contributed by atoms with E-state index in [-0.39, 0.29) is 5.28 Å². The maximum absolute atomic E-state index is 5.98. The Hall–Kier alpha value is -0.970. The number of rotatable bonds is 3. The van der Waals surface area contributed by atoms with Crippen LogP contribution in [0.4, 0.5) is 0 Å². The first-order chi connectivity index (χ1) is 8.19. The molecule has 6 heteroatoms. The van der Waals surface area contributed by atoms with Gasteiger partial charge in [0.2, 0.25) is 5.28 Å². The van der Waals surface area contributed by atoms with Crippen molar-refractivity contribution in [1.82, 2.24) is 9.97 Å². The quantitative estimate of drug-likeness (QED) is 0.632. The lowest BCUT2D eigenvalue weighted by Gasteiger charge is -2.04. The van der Waals surface area contributed by atoms with Crippen LogP contribution in [-0.2, 0) is 0 Å². The molecule has 0 saturated heterocycles. The molecule has 0 bridgehead atoms. The van der Waals surface area contributed by atoms with Gasteiger partial charge in [-0.05, 0) is 35.9 Å². The molecular formula is C11H8Cl2N2OS. The summed E-state index contributed by atoms with van der Waals surface area (Å²) in [4.78, 5) is 8.86. The summed E-state index contributed by atoms with van der Waals surface area (Å²) in [5, 5.41) is 1.30. The maximum atomic E-state index is 5.98. The lowest BCUT2D eigenvalue weighted by atomic mass is 10.3. The van der Waals surface area contributed by atoms with Crippen molar-refractivity contribution < 1.29 is 4.74 Å². The molecule has 3 nitrogen and oxygen atoms in total. The molecule has 0 fully saturated rings. The number of hydrogen-bond acceptors (Lipinski definition) is 4. The number of halogens is 2. The predicted octanol–water partition coefficient (Wildman–Crippen LogP) is 3.94. The molecule has 0 radical (unpaired) electrons. The number of methoxy groups -OCH3 is 1. The molecule has 0 spiro atoms. The van der Waals surface area contributed by atoms with Crippen molar-refractivity contribution in [2.75, 3.05) is 7.11 Å². The zero-order chi connectivity index (χ0) is 12.3. The summed E-state index contributed by atoms with van der Waals surface area (Å²) in [6, 6.07) is 7.60. The van der Waals surface area contributed by atoms with E-state index in [1.54, 1.807) is 7.11 Å². The minimum Gasteiger partial charge on any atom is -0.497 e. The van der Waals surface area contributed by atoms with Crippen LogP contribution < -0.4 is 4.74 Å². The Labute approximate surface area is 113 Å². The number of benzene rings is 1. The Balaban J connectivity index is 2.22. The van der Waals surface area contributed by atoms with Crippen molar-refractivity contribution in [3.8, 4) is 5.75 Å². The molecule has 17 heavy (non-hydrogen) atoms. The van der Waals surface area contributed by atoms with Crippen molar-refractivity contribution in [3.05, 3.63) is 40.8 Å². The van der Waals surface area contributed by atoms with Crippen molar-refractivity contribution in [3.63, 3.8) is 0 Å². The van der Waals surface area contributed by atoms with E-state index in [9.17, 15) is 0 Å². The minimum absolute atomic E-state index is 0.186. The van der Waals surface area contributed by atoms with E-state index in [4.69, 9.17) is 27.9 Å². The van der Waals surface area contributed by atoms with E-state index in [1.165, 1.54) is 18.0 Å². The number of ether oxygens (including phenoxy) is 1. The molecule has 0 saturated carbocycles. The fraction of sp³-hybridized carbons (Fsp3) is 0.0909. The second kappa shape index (κ2) is 5.58. The van der Waals surface area contributed by atoms with Crippen LogP contribution in [0.3, 0.4) is 0 Å². The summed E-state index contributed by atoms with van der Waals surface area (Å²) in [7, 11) is 1.63. The fourth-order valence-electron chi connectivity index (χ4n) is 1.16. The van der Waals surface area contributed by atoms with Gasteiger partial charge < -0.3 is 4.74 Å². The van der Waals surface area contributed by atoms with E-state index in [2.05, 4.69) is 9.97 Å². The summed E-state index contributed by atoms with van der Waals surface area (Å²) in [5.41, 5.74) is 0. The molecule has 0 atom stereocenters. The minimum atomic E-state index is 0.186. The SMILES string of the molecule is COc1ccc(Sc2nc(Cl)ncc2Cl)cc1. The topological polar surface area (TPSA) is 35.0 Å². The molecule has 0 aliphatic heterocycles. The molecule has 1 aromatic heterocycles. The van der Waals surface area contributed by atoms with E-state index >= 15 is 0 Å². The molecule has 2 aromatic rings. The first-order valence-electron chi connectivity index (χ1n) is 4.69. The second-order valence-electron chi connectivity index (χ2n) is 3.07. The zero-order valence-electron chi connectivity index (χ0n) is 8.85. The molecular weight excluding hydrogens is 279 g/mol. The van der Waals surface area contributed by atoms with Gasteiger partial charge in [0.1, 0.15) is 10.8 Å². The molecule has 0 aliphatic carbocycles. The van der Waals surface area contributed by atoms with E-state index in [0.29, 0.717) is 10.0 Å². The summed E-state index contributed by atoms with van der Waals surface area (Å²) in [6.45, 7) is 0. The molecule has 0 amide bonds. The third-order valence-corrected chi connectivity index (χ3v) is 3.54. The number of nitrogens with zero attached hydrogens (tertiary/aromatic N) is 2. The molecule has 0 aliphatic rings. The van der Waals surface area contributed by atoms with Crippen LogP contribution in [0.2, 0.25) is 10.3 Å². The summed E-state index contributed by atoms with van der Waals surface area (Å²) in [6.07, 6.45) is 1.49. The lowest BCUT2D eigenvalue weighted by Crippen LogP contribution is -1.86. The molecule has 88 valence electrons. The first-order valence-corrected chi connectivity index (χ1v) is 6.26. The molecule has 0 N–H and O–H groups in total. The predicted molar refractivity (Wildman–Crippen MR) is 69.2 cm³/mol. The van der Waals surface area contributed by atoms with E-state index in [1.807, 2.05) is 24.3 Å². The Kier molecular flexibility index (Phi) is 4.10. The zero-order valence-corrected chi connectivity index (χ0v) is 11.2. The third kappa shape index (κ3) is 3.25. The van der Waals surface area contributed by atoms with Gasteiger partial charge in [-0.15, -0.1) is 0 Å². The van der Waals surface area contributed by atoms with Gasteiger partial charge in [-0.25, -0.2) is 9.97 Å². The summed E-state index contributed by atoms with van der Waals surface area (Å²) in [5.74, 6) is 0.807. The summed E-state index contributed by atoms with van der Waals surface area (Å²) >= 11 is 13.1. The smallest absolute Gasteiger partial charge is 0.223 e. The van der Waals surface area contributed by atoms with Gasteiger partial charge >= 0.3 is 0 Å². The number of hydrogen-bond donors (Lipinski definition) is 0. The van der Waals surface area contributed by atoms with Crippen LogP contribution in [0.5, 0.6) is 5.75 Å². The van der Waals surface area contributed by atoms with Crippen LogP contribution >= 0.6 is 35.0 Å². The highest BCUT2D eigenvalue weighted by Crippen LogP contribution is 2.32. The van der Waals surface area contributed by atoms with Gasteiger partial charge in [-0.1, -0.05) is 23.4 Å². The highest BCUT2D eigenvalue weighted by Gasteiger charge is 2.06. The van der Waals surface area contributed by atoms with Crippen LogP contribution in [0.15, 0.2) is 40.4 Å². The molecule has 1 heterocycles. The molecule has 1 aromatic carbocycles. The second-order valence-corrected chi connectivity index (χ2v) is 4.88. The normalized spacial score (nSPS) is 10.3. The van der Waals surface area contributed by atoms with Crippen molar-refractivity contribution in [2.45, 2.75) is 9.92 Å². The van der Waals surface area contributed by atoms with Crippen molar-refractivity contribution in [2.24, 2.45) is 0 Å². The van der Waals surface area contributed by atoms with Gasteiger partial charge in [0.05, 0.1) is 18.3 Å². The first kappa shape index (κ1) is 12.5. The third-order valence-electron chi connectivity index (χ3n) is 1.96. The molecule has 0 unspecified atom stereocenters. The van der Waals surface area contributed by atoms with Crippen molar-refractivity contribution in [1.29, 1.82) is 0 Å². The average molecular weight is 287 g/mol. The van der Waals surface area contributed by atoms with E-state index < -0.39 is 0 Å². The van der Waals surface area contributed by atoms with Gasteiger partial charge in [-0.3, -0.25) is 0 Å². The Bertz CT molecular complexity index is 519. The monoisotopic (exact) mass is 286 g/mol. The lowest BCUT2D eigenvalue weighted by molar-refractivity contribution is 0.414. The summed E-state index contributed by atoms with van der Waals surface area (Å²) < 4.78 is 5.08. The van der Waals surface area contributed by atoms with Crippen LogP contribution in [0.25, 0.3) is 0 Å². The van der Waals surface area contributed by atoms with Crippen LogP contribution in [0, 0.1) is 0 Å². The van der Waals surface area contributed by atoms with Gasteiger partial charge in [0, 0.05) is 4.90 Å². The standard InChI is InChI=1S/C11H8Cl2N2OS/c1-16-7-2-4-8(5-3-7)17-10-9(12)6-14-11(13)15-10/h2-6H,1H3.